The van der Waals surface area contributed by atoms with Crippen LogP contribution < -0.4 is 0 Å². The van der Waals surface area contributed by atoms with Crippen LogP contribution in [0.25, 0.3) is 56.2 Å². The van der Waals surface area contributed by atoms with E-state index in [1.54, 1.807) is 0 Å². The maximum absolute atomic E-state index is 4.14. The van der Waals surface area contributed by atoms with Gasteiger partial charge in [0, 0.05) is 33.1 Å². The third-order valence-corrected chi connectivity index (χ3v) is 7.58. The van der Waals surface area contributed by atoms with E-state index < -0.39 is 0 Å². The lowest BCUT2D eigenvalue weighted by atomic mass is 9.97. The van der Waals surface area contributed by atoms with Crippen LogP contribution >= 0.6 is 0 Å². The molecule has 0 aliphatic carbocycles. The van der Waals surface area contributed by atoms with E-state index in [9.17, 15) is 0 Å². The van der Waals surface area contributed by atoms with Gasteiger partial charge in [0.05, 0.1) is 22.2 Å². The van der Waals surface area contributed by atoms with Crippen LogP contribution in [0, 0.1) is 0 Å². The van der Waals surface area contributed by atoms with Gasteiger partial charge in [-0.25, -0.2) is 0 Å². The molecule has 0 aliphatic rings. The fourth-order valence-corrected chi connectivity index (χ4v) is 5.58. The van der Waals surface area contributed by atoms with Crippen molar-refractivity contribution >= 4 is 50.6 Å². The number of fused-ring (bicyclic) bond motifs is 4. The van der Waals surface area contributed by atoms with Crippen molar-refractivity contribution < 1.29 is 0 Å². The number of nitrogens with zero attached hydrogens (tertiary/aromatic N) is 2. The highest BCUT2D eigenvalue weighted by atomic mass is 15.0. The Kier molecular flexibility index (Phi) is 7.07. The molecule has 0 N–H and O–H groups in total. The van der Waals surface area contributed by atoms with Crippen LogP contribution in [0.3, 0.4) is 0 Å². The summed E-state index contributed by atoms with van der Waals surface area (Å²) in [5.74, 6) is 0.504. The molecule has 0 aliphatic heterocycles. The third kappa shape index (κ3) is 4.07. The van der Waals surface area contributed by atoms with Gasteiger partial charge >= 0.3 is 0 Å². The summed E-state index contributed by atoms with van der Waals surface area (Å²) in [7, 11) is 0. The maximum atomic E-state index is 4.14. The normalized spacial score (nSPS) is 13.4. The first kappa shape index (κ1) is 25.4. The van der Waals surface area contributed by atoms with Gasteiger partial charge in [0.15, 0.2) is 0 Å². The number of hydrogen-bond donors (Lipinski definition) is 0. The fourth-order valence-electron chi connectivity index (χ4n) is 5.58. The summed E-state index contributed by atoms with van der Waals surface area (Å²) in [6.07, 6.45) is 15.5. The Morgan fingerprint density at radius 1 is 0.868 bits per heavy atom. The summed E-state index contributed by atoms with van der Waals surface area (Å²) in [6.45, 7) is 16.8. The van der Waals surface area contributed by atoms with Crippen LogP contribution in [0.1, 0.15) is 56.9 Å². The number of allylic oxidation sites excluding steroid dienone is 6. The maximum Gasteiger partial charge on any atom is 0.0542 e. The molecule has 0 amide bonds. The molecule has 2 aromatic heterocycles. The van der Waals surface area contributed by atoms with Crippen molar-refractivity contribution in [2.24, 2.45) is 0 Å². The highest BCUT2D eigenvalue weighted by Crippen LogP contribution is 2.38. The summed E-state index contributed by atoms with van der Waals surface area (Å²) in [4.78, 5) is 0. The predicted octanol–water partition coefficient (Wildman–Crippen LogP) is 10.5. The van der Waals surface area contributed by atoms with Gasteiger partial charge in [-0.2, -0.15) is 0 Å². The molecule has 0 bridgehead atoms. The summed E-state index contributed by atoms with van der Waals surface area (Å²) in [6, 6.07) is 22.4. The lowest BCUT2D eigenvalue weighted by Crippen LogP contribution is -1.98. The second-order valence-corrected chi connectivity index (χ2v) is 9.81. The molecule has 0 saturated heterocycles. The first-order valence-corrected chi connectivity index (χ1v) is 13.5. The number of para-hydroxylation sites is 1. The third-order valence-electron chi connectivity index (χ3n) is 7.58. The van der Waals surface area contributed by atoms with E-state index in [1.165, 1.54) is 38.3 Å². The monoisotopic (exact) mass is 496 g/mol. The molecular weight excluding hydrogens is 460 g/mol. The van der Waals surface area contributed by atoms with E-state index in [1.807, 2.05) is 12.2 Å². The van der Waals surface area contributed by atoms with Gasteiger partial charge in [-0.3, -0.25) is 0 Å². The van der Waals surface area contributed by atoms with E-state index in [2.05, 4.69) is 141 Å². The van der Waals surface area contributed by atoms with Gasteiger partial charge in [-0.15, -0.1) is 0 Å². The minimum Gasteiger partial charge on any atom is -0.309 e. The molecule has 2 heteroatoms. The molecule has 0 unspecified atom stereocenters. The molecule has 1 atom stereocenters. The second kappa shape index (κ2) is 10.6. The zero-order valence-electron chi connectivity index (χ0n) is 22.9. The Bertz CT molecular complexity index is 1760. The van der Waals surface area contributed by atoms with Gasteiger partial charge in [0.2, 0.25) is 0 Å². The Labute approximate surface area is 226 Å². The summed E-state index contributed by atoms with van der Waals surface area (Å²) >= 11 is 0. The van der Waals surface area contributed by atoms with E-state index in [0.29, 0.717) is 5.92 Å². The van der Waals surface area contributed by atoms with Gasteiger partial charge in [0.1, 0.15) is 0 Å². The van der Waals surface area contributed by atoms with Crippen LogP contribution in [0.15, 0.2) is 104 Å². The number of benzene rings is 3. The van der Waals surface area contributed by atoms with Gasteiger partial charge in [-0.05, 0) is 86.4 Å². The molecule has 2 nitrogen and oxygen atoms in total. The molecule has 0 radical (unpaired) electrons. The number of aromatic nitrogens is 2. The number of hydrogen-bond acceptors (Lipinski definition) is 0. The van der Waals surface area contributed by atoms with Crippen molar-refractivity contribution in [2.45, 2.75) is 40.0 Å². The Hall–Kier alpha value is -4.30. The average Bonchev–Trinajstić information content (AvgIpc) is 3.43. The molecule has 0 fully saturated rings. The standard InChI is InChI=1S/C36H36N2/c1-7-14-27(15-8-2)37-35-21-19-26(25(6)10-4)23-31(35)32-24-28(20-22-36(32)37)38-33(16-9-3)29(11-5)30-17-12-13-18-34(30)38/h7-9,11-25H,1,5,10H2,2-4,6H3/b15-8-,16-9-,27-14+/t25-/m1/s1. The van der Waals surface area contributed by atoms with Gasteiger partial charge in [0.25, 0.3) is 0 Å². The molecule has 2 heterocycles. The van der Waals surface area contributed by atoms with Crippen LogP contribution in [-0.4, -0.2) is 9.13 Å². The van der Waals surface area contributed by atoms with Gasteiger partial charge < -0.3 is 9.13 Å². The summed E-state index contributed by atoms with van der Waals surface area (Å²) in [5.41, 5.74) is 9.49. The second-order valence-electron chi connectivity index (χ2n) is 9.81. The smallest absolute Gasteiger partial charge is 0.0542 e. The minimum absolute atomic E-state index is 0.504. The van der Waals surface area contributed by atoms with Crippen LogP contribution in [0.4, 0.5) is 0 Å². The Balaban J connectivity index is 1.90. The predicted molar refractivity (Wildman–Crippen MR) is 169 cm³/mol. The van der Waals surface area contributed by atoms with Crippen molar-refractivity contribution in [3.63, 3.8) is 0 Å². The van der Waals surface area contributed by atoms with Crippen molar-refractivity contribution in [3.05, 3.63) is 121 Å². The Morgan fingerprint density at radius 2 is 1.61 bits per heavy atom. The van der Waals surface area contributed by atoms with E-state index in [4.69, 9.17) is 0 Å². The number of rotatable bonds is 8. The lowest BCUT2D eigenvalue weighted by molar-refractivity contribution is 0.735. The molecule has 5 rings (SSSR count). The molecule has 190 valence electrons. The molecular formula is C36H36N2. The van der Waals surface area contributed by atoms with E-state index in [-0.39, 0.29) is 0 Å². The van der Waals surface area contributed by atoms with Crippen LogP contribution in [-0.2, 0) is 0 Å². The van der Waals surface area contributed by atoms with E-state index >= 15 is 0 Å². The highest BCUT2D eigenvalue weighted by Gasteiger charge is 2.18. The molecule has 0 spiro atoms. The zero-order chi connectivity index (χ0) is 26.8. The molecule has 3 aromatic carbocycles. The van der Waals surface area contributed by atoms with Crippen molar-refractivity contribution in [1.29, 1.82) is 0 Å². The van der Waals surface area contributed by atoms with Crippen LogP contribution in [0.2, 0.25) is 0 Å². The van der Waals surface area contributed by atoms with Crippen molar-refractivity contribution in [1.82, 2.24) is 9.13 Å². The topological polar surface area (TPSA) is 9.86 Å². The van der Waals surface area contributed by atoms with Gasteiger partial charge in [-0.1, -0.05) is 75.6 Å². The van der Waals surface area contributed by atoms with Crippen LogP contribution in [0.5, 0.6) is 0 Å². The minimum atomic E-state index is 0.504. The molecule has 5 aromatic rings. The fraction of sp³-hybridized carbons (Fsp3) is 0.167. The summed E-state index contributed by atoms with van der Waals surface area (Å²) in [5, 5.41) is 3.72. The highest BCUT2D eigenvalue weighted by molar-refractivity contribution is 6.11. The Morgan fingerprint density at radius 3 is 2.29 bits per heavy atom. The molecule has 0 saturated carbocycles. The van der Waals surface area contributed by atoms with Crippen molar-refractivity contribution in [3.8, 4) is 5.69 Å². The van der Waals surface area contributed by atoms with Crippen molar-refractivity contribution in [2.75, 3.05) is 0 Å². The molecule has 38 heavy (non-hydrogen) atoms. The SMILES string of the molecule is C=C/C=C(\C=C/C)n1c2ccc([C@H](C)CC)cc2c2cc(-n3c(/C=C\C)c(C=C)c4ccccc43)ccc21. The first-order chi connectivity index (χ1) is 18.6. The summed E-state index contributed by atoms with van der Waals surface area (Å²) < 4.78 is 4.71. The van der Waals surface area contributed by atoms with E-state index in [0.717, 1.165) is 29.1 Å². The lowest BCUT2D eigenvalue weighted by Gasteiger charge is -2.12. The average molecular weight is 497 g/mol. The largest absolute Gasteiger partial charge is 0.309 e. The quantitative estimate of drug-likeness (QED) is 0.189. The first-order valence-electron chi connectivity index (χ1n) is 13.5. The zero-order valence-corrected chi connectivity index (χ0v) is 22.9.